The molecule has 6 rings (SSSR count). The van der Waals surface area contributed by atoms with Crippen molar-refractivity contribution in [2.45, 2.75) is 83.7 Å². The third-order valence-corrected chi connectivity index (χ3v) is 10.3. The standard InChI is InChI=1S/C24H34O2/c1-3-23-11-9-17-16-7-8-21(25)14(2)15(16)5-6-18(17)22(23)19-13-20(19)24(23)10-4-12-26-24/h16-20,22H,3-13H2,1-2H3/t16-,17?,18?,19+,20-,22?,23-,24-/m0/s1. The predicted octanol–water partition coefficient (Wildman–Crippen LogP) is 5.31. The summed E-state index contributed by atoms with van der Waals surface area (Å²) in [5.41, 5.74) is 3.47. The molecule has 2 heteroatoms. The van der Waals surface area contributed by atoms with Crippen LogP contribution in [0.25, 0.3) is 0 Å². The van der Waals surface area contributed by atoms with Crippen molar-refractivity contribution in [2.24, 2.45) is 40.9 Å². The number of fused-ring (bicyclic) bond motifs is 9. The fourth-order valence-corrected chi connectivity index (χ4v) is 9.44. The molecule has 1 saturated heterocycles. The Kier molecular flexibility index (Phi) is 3.30. The Bertz CT molecular complexity index is 684. The SMILES string of the molecule is CC[C@]12CCC3C(CCC4=C(C)C(=O)CC[C@@H]43)C1[C@@H]1C[C@@H]1[C@@]21CCCO1. The number of carbonyl (C=O) groups excluding carboxylic acids is 1. The molecule has 0 aromatic rings. The average molecular weight is 355 g/mol. The van der Waals surface area contributed by atoms with E-state index >= 15 is 0 Å². The van der Waals surface area contributed by atoms with Gasteiger partial charge in [-0.25, -0.2) is 0 Å². The summed E-state index contributed by atoms with van der Waals surface area (Å²) in [7, 11) is 0. The summed E-state index contributed by atoms with van der Waals surface area (Å²) in [6.45, 7) is 5.61. The van der Waals surface area contributed by atoms with Crippen LogP contribution < -0.4 is 0 Å². The van der Waals surface area contributed by atoms with Gasteiger partial charge in [0.2, 0.25) is 0 Å². The van der Waals surface area contributed by atoms with Crippen LogP contribution in [-0.2, 0) is 9.53 Å². The molecule has 8 atom stereocenters. The summed E-state index contributed by atoms with van der Waals surface area (Å²) in [6, 6.07) is 0. The number of ketones is 1. The van der Waals surface area contributed by atoms with Gasteiger partial charge < -0.3 is 4.74 Å². The van der Waals surface area contributed by atoms with Crippen LogP contribution >= 0.6 is 0 Å². The van der Waals surface area contributed by atoms with Crippen molar-refractivity contribution in [1.29, 1.82) is 0 Å². The Balaban J connectivity index is 1.39. The molecule has 0 N–H and O–H groups in total. The maximum Gasteiger partial charge on any atom is 0.158 e. The average Bonchev–Trinajstić information content (AvgIpc) is 3.23. The van der Waals surface area contributed by atoms with E-state index in [2.05, 4.69) is 13.8 Å². The van der Waals surface area contributed by atoms with Gasteiger partial charge in [-0.15, -0.1) is 0 Å². The lowest BCUT2D eigenvalue weighted by Crippen LogP contribution is -2.56. The minimum atomic E-state index is 0.261. The first-order valence-electron chi connectivity index (χ1n) is 11.5. The first-order chi connectivity index (χ1) is 12.6. The fourth-order valence-electron chi connectivity index (χ4n) is 9.44. The molecule has 2 nitrogen and oxygen atoms in total. The molecule has 1 spiro atoms. The largest absolute Gasteiger partial charge is 0.374 e. The summed E-state index contributed by atoms with van der Waals surface area (Å²) in [4.78, 5) is 12.2. The minimum Gasteiger partial charge on any atom is -0.374 e. The minimum absolute atomic E-state index is 0.261. The van der Waals surface area contributed by atoms with E-state index in [-0.39, 0.29) is 5.60 Å². The number of hydrogen-bond donors (Lipinski definition) is 0. The molecular formula is C24H34O2. The Labute approximate surface area is 158 Å². The zero-order valence-corrected chi connectivity index (χ0v) is 16.6. The second kappa shape index (κ2) is 5.25. The molecule has 142 valence electrons. The van der Waals surface area contributed by atoms with Crippen LogP contribution in [0.15, 0.2) is 11.1 Å². The molecule has 0 bridgehead atoms. The van der Waals surface area contributed by atoms with Crippen LogP contribution in [0.4, 0.5) is 0 Å². The van der Waals surface area contributed by atoms with Crippen molar-refractivity contribution in [3.05, 3.63) is 11.1 Å². The van der Waals surface area contributed by atoms with E-state index in [0.717, 1.165) is 60.5 Å². The maximum absolute atomic E-state index is 12.2. The van der Waals surface area contributed by atoms with Crippen LogP contribution in [0.5, 0.6) is 0 Å². The fraction of sp³-hybridized carbons (Fsp3) is 0.875. The zero-order chi connectivity index (χ0) is 17.7. The van der Waals surface area contributed by atoms with Gasteiger partial charge in [-0.2, -0.15) is 0 Å². The molecule has 3 unspecified atom stereocenters. The highest BCUT2D eigenvalue weighted by molar-refractivity contribution is 5.96. The Morgan fingerprint density at radius 3 is 2.73 bits per heavy atom. The van der Waals surface area contributed by atoms with Gasteiger partial charge in [-0.05, 0) is 106 Å². The molecule has 5 fully saturated rings. The van der Waals surface area contributed by atoms with Crippen LogP contribution in [0.2, 0.25) is 0 Å². The predicted molar refractivity (Wildman–Crippen MR) is 102 cm³/mol. The van der Waals surface area contributed by atoms with Crippen LogP contribution in [0, 0.1) is 40.9 Å². The van der Waals surface area contributed by atoms with Gasteiger partial charge in [0.25, 0.3) is 0 Å². The van der Waals surface area contributed by atoms with Crippen molar-refractivity contribution < 1.29 is 9.53 Å². The number of ether oxygens (including phenoxy) is 1. The maximum atomic E-state index is 12.2. The van der Waals surface area contributed by atoms with E-state index in [9.17, 15) is 4.79 Å². The van der Waals surface area contributed by atoms with Gasteiger partial charge in [0.1, 0.15) is 0 Å². The highest BCUT2D eigenvalue weighted by Gasteiger charge is 2.77. The summed E-state index contributed by atoms with van der Waals surface area (Å²) in [5, 5.41) is 0. The lowest BCUT2D eigenvalue weighted by atomic mass is 9.47. The van der Waals surface area contributed by atoms with Crippen molar-refractivity contribution in [1.82, 2.24) is 0 Å². The van der Waals surface area contributed by atoms with Crippen LogP contribution in [0.3, 0.4) is 0 Å². The van der Waals surface area contributed by atoms with E-state index in [4.69, 9.17) is 4.74 Å². The smallest absolute Gasteiger partial charge is 0.158 e. The number of rotatable bonds is 1. The number of carbonyl (C=O) groups is 1. The quantitative estimate of drug-likeness (QED) is 0.637. The normalized spacial score (nSPS) is 54.8. The van der Waals surface area contributed by atoms with Gasteiger partial charge in [-0.3, -0.25) is 4.79 Å². The molecule has 0 aromatic carbocycles. The summed E-state index contributed by atoms with van der Waals surface area (Å²) in [6.07, 6.45) is 12.8. The van der Waals surface area contributed by atoms with Crippen molar-refractivity contribution in [3.8, 4) is 0 Å². The lowest BCUT2D eigenvalue weighted by molar-refractivity contribution is -0.159. The van der Waals surface area contributed by atoms with Crippen molar-refractivity contribution in [3.63, 3.8) is 0 Å². The van der Waals surface area contributed by atoms with Crippen molar-refractivity contribution >= 4 is 5.78 Å². The van der Waals surface area contributed by atoms with Gasteiger partial charge in [0.15, 0.2) is 5.78 Å². The van der Waals surface area contributed by atoms with E-state index in [1.807, 2.05) is 0 Å². The third-order valence-electron chi connectivity index (χ3n) is 10.3. The molecule has 1 aliphatic heterocycles. The summed E-state index contributed by atoms with van der Waals surface area (Å²) < 4.78 is 6.68. The highest BCUT2D eigenvalue weighted by atomic mass is 16.5. The molecule has 4 saturated carbocycles. The molecule has 6 aliphatic rings. The third kappa shape index (κ3) is 1.72. The zero-order valence-electron chi connectivity index (χ0n) is 16.6. The van der Waals surface area contributed by atoms with E-state index < -0.39 is 0 Å². The summed E-state index contributed by atoms with van der Waals surface area (Å²) >= 11 is 0. The van der Waals surface area contributed by atoms with E-state index in [1.54, 1.807) is 5.57 Å². The Hall–Kier alpha value is -0.630. The molecule has 26 heavy (non-hydrogen) atoms. The lowest BCUT2D eigenvalue weighted by Gasteiger charge is -2.59. The molecule has 5 aliphatic carbocycles. The second-order valence-electron chi connectivity index (χ2n) is 10.5. The monoisotopic (exact) mass is 354 g/mol. The van der Waals surface area contributed by atoms with E-state index in [0.29, 0.717) is 11.2 Å². The first kappa shape index (κ1) is 16.3. The highest BCUT2D eigenvalue weighted by Crippen LogP contribution is 2.79. The number of allylic oxidation sites excluding steroid dienone is 1. The number of hydrogen-bond acceptors (Lipinski definition) is 2. The molecule has 1 heterocycles. The first-order valence-corrected chi connectivity index (χ1v) is 11.5. The van der Waals surface area contributed by atoms with Crippen molar-refractivity contribution in [2.75, 3.05) is 6.61 Å². The Morgan fingerprint density at radius 1 is 1.08 bits per heavy atom. The molecule has 0 radical (unpaired) electrons. The summed E-state index contributed by atoms with van der Waals surface area (Å²) in [5.74, 6) is 5.74. The van der Waals surface area contributed by atoms with Crippen LogP contribution in [0.1, 0.15) is 78.1 Å². The van der Waals surface area contributed by atoms with E-state index in [1.165, 1.54) is 51.4 Å². The second-order valence-corrected chi connectivity index (χ2v) is 10.5. The topological polar surface area (TPSA) is 26.3 Å². The molecule has 0 amide bonds. The van der Waals surface area contributed by atoms with Crippen LogP contribution in [-0.4, -0.2) is 18.0 Å². The Morgan fingerprint density at radius 2 is 1.96 bits per heavy atom. The van der Waals surface area contributed by atoms with Gasteiger partial charge in [0.05, 0.1) is 5.60 Å². The van der Waals surface area contributed by atoms with Gasteiger partial charge in [0, 0.05) is 18.4 Å². The van der Waals surface area contributed by atoms with Gasteiger partial charge >= 0.3 is 0 Å². The van der Waals surface area contributed by atoms with Gasteiger partial charge in [-0.1, -0.05) is 12.5 Å². The number of Topliss-reactive ketones (excluding diaryl/α,β-unsaturated/α-hetero) is 1. The molecular weight excluding hydrogens is 320 g/mol. The molecule has 0 aromatic heterocycles.